The molecule has 240 valence electrons. The van der Waals surface area contributed by atoms with Gasteiger partial charge in [-0.15, -0.1) is 0 Å². The minimum absolute atomic E-state index is 0.0942. The summed E-state index contributed by atoms with van der Waals surface area (Å²) in [5.74, 6) is 3.04. The van der Waals surface area contributed by atoms with Crippen LogP contribution in [0.2, 0.25) is 0 Å². The number of piperazine rings is 1. The summed E-state index contributed by atoms with van der Waals surface area (Å²) >= 11 is 0. The summed E-state index contributed by atoms with van der Waals surface area (Å²) < 4.78 is 19.4. The molecule has 0 radical (unpaired) electrons. The number of pyridine rings is 2. The lowest BCUT2D eigenvalue weighted by Gasteiger charge is -2.57. The first-order chi connectivity index (χ1) is 22.3. The Morgan fingerprint density at radius 2 is 1.85 bits per heavy atom. The van der Waals surface area contributed by atoms with Gasteiger partial charge in [-0.2, -0.15) is 10.4 Å². The second kappa shape index (κ2) is 10.3. The number of aliphatic hydroxyl groups excluding tert-OH is 1. The number of rotatable bonds is 6. The first-order valence-electron chi connectivity index (χ1n) is 16.5. The predicted octanol–water partition coefficient (Wildman–Crippen LogP) is 2.78. The number of ether oxygens (including phenoxy) is 3. The second-order valence-corrected chi connectivity index (χ2v) is 14.6. The fourth-order valence-electron chi connectivity index (χ4n) is 8.94. The van der Waals surface area contributed by atoms with Crippen molar-refractivity contribution in [3.63, 3.8) is 0 Å². The molecule has 12 heteroatoms. The van der Waals surface area contributed by atoms with E-state index in [4.69, 9.17) is 19.2 Å². The van der Waals surface area contributed by atoms with Crippen LogP contribution in [0.15, 0.2) is 36.8 Å². The number of likely N-dealkylation sites (tertiary alicyclic amines) is 1. The molecule has 9 heterocycles. The Kier molecular flexibility index (Phi) is 6.33. The highest BCUT2D eigenvalue weighted by Gasteiger charge is 2.63. The Labute approximate surface area is 267 Å². The third-order valence-corrected chi connectivity index (χ3v) is 11.8. The normalized spacial score (nSPS) is 33.5. The van der Waals surface area contributed by atoms with Gasteiger partial charge in [0.25, 0.3) is 0 Å². The standard InChI is InChI=1S/C34H39N7O5/c1-34(2)26-15-39(16-27(26)34)33(43)38-12-22-7-23(13-38)41(22)29-4-3-19(10-36-29)25-8-24(14-40-30(25)21(9-35)11-37-40)44-6-5-20-17-45-32-28(42)18-46-31(20)32/h3-4,8,10-11,14,20,22-23,26-28,31-32,42H,5-7,12-13,15-18H2,1-2H3. The summed E-state index contributed by atoms with van der Waals surface area (Å²) in [6, 6.07) is 9.05. The van der Waals surface area contributed by atoms with Gasteiger partial charge < -0.3 is 34.0 Å². The van der Waals surface area contributed by atoms with Crippen molar-refractivity contribution < 1.29 is 24.1 Å². The molecular formula is C34H39N7O5. The Hall–Kier alpha value is -3.92. The molecule has 1 saturated carbocycles. The SMILES string of the molecule is CC1(C)C2CN(C(=O)N3CC4CC(C3)N4c3ccc(-c4cc(OCCC5COC6C(O)COC56)cn5ncc(C#N)c45)cn3)CC21. The molecule has 7 aliphatic rings. The van der Waals surface area contributed by atoms with Gasteiger partial charge in [0, 0.05) is 49.4 Å². The quantitative estimate of drug-likeness (QED) is 0.440. The Morgan fingerprint density at radius 1 is 1.09 bits per heavy atom. The Bertz CT molecular complexity index is 1710. The minimum atomic E-state index is -0.562. The predicted molar refractivity (Wildman–Crippen MR) is 166 cm³/mol. The molecular weight excluding hydrogens is 586 g/mol. The lowest BCUT2D eigenvalue weighted by atomic mass is 9.87. The maximum atomic E-state index is 13.3. The van der Waals surface area contributed by atoms with Crippen molar-refractivity contribution in [1.82, 2.24) is 24.4 Å². The molecule has 8 unspecified atom stereocenters. The van der Waals surface area contributed by atoms with E-state index in [1.165, 1.54) is 0 Å². The average Bonchev–Trinajstić information content (AvgIpc) is 3.71. The molecule has 12 nitrogen and oxygen atoms in total. The van der Waals surface area contributed by atoms with Gasteiger partial charge in [-0.05, 0) is 48.3 Å². The van der Waals surface area contributed by atoms with Crippen LogP contribution in [0.3, 0.4) is 0 Å². The minimum Gasteiger partial charge on any atom is -0.492 e. The van der Waals surface area contributed by atoms with Crippen molar-refractivity contribution in [2.24, 2.45) is 23.2 Å². The summed E-state index contributed by atoms with van der Waals surface area (Å²) in [7, 11) is 0. The van der Waals surface area contributed by atoms with Crippen LogP contribution in [-0.2, 0) is 9.47 Å². The summed E-state index contributed by atoms with van der Waals surface area (Å²) in [6.45, 7) is 9.23. The number of aromatic nitrogens is 3. The van der Waals surface area contributed by atoms with Crippen LogP contribution < -0.4 is 9.64 Å². The number of piperidine rings is 2. The molecule has 2 bridgehead atoms. The van der Waals surface area contributed by atoms with Crippen LogP contribution in [0.5, 0.6) is 5.75 Å². The number of amides is 2. The molecule has 3 aromatic rings. The van der Waals surface area contributed by atoms with Gasteiger partial charge >= 0.3 is 6.03 Å². The van der Waals surface area contributed by atoms with Crippen molar-refractivity contribution in [2.45, 2.75) is 57.1 Å². The largest absolute Gasteiger partial charge is 0.492 e. The highest BCUT2D eigenvalue weighted by Crippen LogP contribution is 2.62. The van der Waals surface area contributed by atoms with Crippen molar-refractivity contribution in [1.29, 1.82) is 5.26 Å². The summed E-state index contributed by atoms with van der Waals surface area (Å²) in [5, 5.41) is 24.3. The number of aliphatic hydroxyl groups is 1. The second-order valence-electron chi connectivity index (χ2n) is 14.6. The van der Waals surface area contributed by atoms with E-state index in [-0.39, 0.29) is 36.2 Å². The number of anilines is 1. The number of fused-ring (bicyclic) bond motifs is 5. The number of nitriles is 1. The van der Waals surface area contributed by atoms with Crippen LogP contribution in [-0.4, -0.2) is 112 Å². The summed E-state index contributed by atoms with van der Waals surface area (Å²) in [5.41, 5.74) is 3.29. The molecule has 0 aromatic carbocycles. The highest BCUT2D eigenvalue weighted by atomic mass is 16.6. The molecule has 7 fully saturated rings. The third-order valence-electron chi connectivity index (χ3n) is 11.8. The van der Waals surface area contributed by atoms with E-state index in [9.17, 15) is 15.2 Å². The number of nitrogens with zero attached hydrogens (tertiary/aromatic N) is 7. The van der Waals surface area contributed by atoms with Gasteiger partial charge in [-0.1, -0.05) is 13.8 Å². The van der Waals surface area contributed by atoms with Crippen LogP contribution in [0.25, 0.3) is 16.6 Å². The first-order valence-corrected chi connectivity index (χ1v) is 16.5. The van der Waals surface area contributed by atoms with Crippen LogP contribution in [0.4, 0.5) is 10.6 Å². The van der Waals surface area contributed by atoms with E-state index in [0.29, 0.717) is 53.9 Å². The summed E-state index contributed by atoms with van der Waals surface area (Å²) in [6.07, 6.45) is 6.14. The van der Waals surface area contributed by atoms with E-state index >= 15 is 0 Å². The van der Waals surface area contributed by atoms with Crippen LogP contribution in [0, 0.1) is 34.5 Å². The van der Waals surface area contributed by atoms with Crippen molar-refractivity contribution in [3.8, 4) is 22.9 Å². The molecule has 10 rings (SSSR count). The fourth-order valence-corrected chi connectivity index (χ4v) is 8.94. The zero-order valence-corrected chi connectivity index (χ0v) is 26.2. The molecule has 2 amide bonds. The lowest BCUT2D eigenvalue weighted by Crippen LogP contribution is -2.70. The lowest BCUT2D eigenvalue weighted by molar-refractivity contribution is 0.0163. The van der Waals surface area contributed by atoms with E-state index < -0.39 is 6.10 Å². The smallest absolute Gasteiger partial charge is 0.320 e. The number of hydrogen-bond donors (Lipinski definition) is 1. The maximum absolute atomic E-state index is 13.3. The molecule has 0 spiro atoms. The molecule has 8 atom stereocenters. The fraction of sp³-hybridized carbons (Fsp3) is 0.588. The number of carbonyl (C=O) groups is 1. The monoisotopic (exact) mass is 625 g/mol. The molecule has 46 heavy (non-hydrogen) atoms. The number of urea groups is 1. The molecule has 6 saturated heterocycles. The van der Waals surface area contributed by atoms with Gasteiger partial charge in [0.1, 0.15) is 29.8 Å². The van der Waals surface area contributed by atoms with Crippen molar-refractivity contribution >= 4 is 17.4 Å². The number of carbonyl (C=O) groups excluding carboxylic acids is 1. The first kappa shape index (κ1) is 28.3. The zero-order chi connectivity index (χ0) is 31.3. The van der Waals surface area contributed by atoms with Gasteiger partial charge in [-0.25, -0.2) is 14.3 Å². The molecule has 1 N–H and O–H groups in total. The molecule has 6 aliphatic heterocycles. The van der Waals surface area contributed by atoms with Crippen LogP contribution in [0.1, 0.15) is 32.3 Å². The van der Waals surface area contributed by atoms with Crippen molar-refractivity contribution in [2.75, 3.05) is 50.9 Å². The zero-order valence-electron chi connectivity index (χ0n) is 26.2. The van der Waals surface area contributed by atoms with E-state index in [1.54, 1.807) is 16.9 Å². The maximum Gasteiger partial charge on any atom is 0.320 e. The van der Waals surface area contributed by atoms with Crippen molar-refractivity contribution in [3.05, 3.63) is 42.4 Å². The third kappa shape index (κ3) is 4.32. The van der Waals surface area contributed by atoms with E-state index in [1.807, 2.05) is 24.4 Å². The highest BCUT2D eigenvalue weighted by molar-refractivity contribution is 5.85. The number of hydrogen-bond acceptors (Lipinski definition) is 9. The molecule has 1 aliphatic carbocycles. The topological polar surface area (TPSA) is 129 Å². The van der Waals surface area contributed by atoms with Gasteiger partial charge in [0.15, 0.2) is 0 Å². The Balaban J connectivity index is 0.884. The van der Waals surface area contributed by atoms with Gasteiger partial charge in [0.05, 0.1) is 61.5 Å². The van der Waals surface area contributed by atoms with Gasteiger partial charge in [-0.3, -0.25) is 0 Å². The van der Waals surface area contributed by atoms with Crippen LogP contribution >= 0.6 is 0 Å². The van der Waals surface area contributed by atoms with E-state index in [0.717, 1.165) is 56.0 Å². The average molecular weight is 626 g/mol. The Morgan fingerprint density at radius 3 is 2.59 bits per heavy atom. The van der Waals surface area contributed by atoms with Gasteiger partial charge in [0.2, 0.25) is 0 Å². The summed E-state index contributed by atoms with van der Waals surface area (Å²) in [4.78, 5) is 24.7. The molecule has 3 aromatic heterocycles. The van der Waals surface area contributed by atoms with E-state index in [2.05, 4.69) is 39.7 Å².